The molecule has 1 fully saturated rings. The van der Waals surface area contributed by atoms with Crippen LogP contribution in [0.5, 0.6) is 5.75 Å². The molecule has 1 N–H and O–H groups in total. The van der Waals surface area contributed by atoms with Gasteiger partial charge in [0.05, 0.1) is 22.7 Å². The van der Waals surface area contributed by atoms with E-state index in [-0.39, 0.29) is 35.1 Å². The van der Waals surface area contributed by atoms with Crippen molar-refractivity contribution in [2.24, 2.45) is 5.92 Å². The van der Waals surface area contributed by atoms with Gasteiger partial charge in [0.15, 0.2) is 16.4 Å². The minimum absolute atomic E-state index is 0.0152. The molecule has 2 atom stereocenters. The van der Waals surface area contributed by atoms with Crippen LogP contribution in [-0.2, 0) is 27.5 Å². The summed E-state index contributed by atoms with van der Waals surface area (Å²) >= 11 is 0. The number of rotatable bonds is 6. The smallest absolute Gasteiger partial charge is 0.422 e. The maximum Gasteiger partial charge on any atom is 0.422 e. The molecule has 11 heteroatoms. The first kappa shape index (κ1) is 25.5. The molecule has 1 aromatic carbocycles. The average molecular weight is 514 g/mol. The van der Waals surface area contributed by atoms with Crippen LogP contribution in [0.2, 0.25) is 0 Å². The van der Waals surface area contributed by atoms with Crippen molar-refractivity contribution in [3.8, 4) is 17.0 Å². The summed E-state index contributed by atoms with van der Waals surface area (Å²) in [7, 11) is -3.14. The van der Waals surface area contributed by atoms with Crippen molar-refractivity contribution in [3.63, 3.8) is 0 Å². The fraction of sp³-hybridized carbons (Fsp3) is 0.583. The van der Waals surface area contributed by atoms with Crippen molar-refractivity contribution in [3.05, 3.63) is 35.5 Å². The molecule has 2 aliphatic rings. The Morgan fingerprint density at radius 3 is 2.71 bits per heavy atom. The van der Waals surface area contributed by atoms with E-state index >= 15 is 0 Å². The summed E-state index contributed by atoms with van der Waals surface area (Å²) in [5.74, 6) is -0.333. The third kappa shape index (κ3) is 5.82. The third-order valence-corrected chi connectivity index (χ3v) is 8.50. The topological polar surface area (TPSA) is 90.3 Å². The molecule has 1 aliphatic carbocycles. The lowest BCUT2D eigenvalue weighted by atomic mass is 9.84. The SMILES string of the molecule is CC(C)n1nc(-c2cccc(OCC(F)(F)F)c2)c2c1C[C@H](C(=O)N[C@@]1(C)CCS(=O)(=O)C1)CC2. The van der Waals surface area contributed by atoms with Crippen LogP contribution in [0.1, 0.15) is 50.9 Å². The molecule has 35 heavy (non-hydrogen) atoms. The van der Waals surface area contributed by atoms with Crippen LogP contribution in [0.15, 0.2) is 24.3 Å². The Bertz CT molecular complexity index is 1220. The van der Waals surface area contributed by atoms with Gasteiger partial charge >= 0.3 is 6.18 Å². The van der Waals surface area contributed by atoms with Crippen molar-refractivity contribution in [2.45, 2.75) is 64.2 Å². The van der Waals surface area contributed by atoms with Crippen molar-refractivity contribution in [2.75, 3.05) is 18.1 Å². The molecule has 0 bridgehead atoms. The van der Waals surface area contributed by atoms with E-state index in [2.05, 4.69) is 5.32 Å². The molecule has 0 unspecified atom stereocenters. The van der Waals surface area contributed by atoms with E-state index in [1.54, 1.807) is 25.1 Å². The number of hydrogen-bond donors (Lipinski definition) is 1. The molecule has 1 amide bonds. The second-order valence-corrected chi connectivity index (χ2v) is 12.3. The van der Waals surface area contributed by atoms with Gasteiger partial charge in [-0.3, -0.25) is 9.48 Å². The Hall–Kier alpha value is -2.56. The van der Waals surface area contributed by atoms with E-state index in [4.69, 9.17) is 9.84 Å². The fourth-order valence-corrected chi connectivity index (χ4v) is 7.02. The Morgan fingerprint density at radius 1 is 1.34 bits per heavy atom. The Balaban J connectivity index is 1.57. The minimum Gasteiger partial charge on any atom is -0.484 e. The van der Waals surface area contributed by atoms with Crippen molar-refractivity contribution in [1.29, 1.82) is 0 Å². The number of fused-ring (bicyclic) bond motifs is 1. The summed E-state index contributed by atoms with van der Waals surface area (Å²) < 4.78 is 68.3. The van der Waals surface area contributed by atoms with Gasteiger partial charge in [-0.15, -0.1) is 0 Å². The number of halogens is 3. The van der Waals surface area contributed by atoms with E-state index in [1.165, 1.54) is 6.07 Å². The fourth-order valence-electron chi connectivity index (χ4n) is 4.93. The van der Waals surface area contributed by atoms with Gasteiger partial charge < -0.3 is 10.1 Å². The number of aromatic nitrogens is 2. The van der Waals surface area contributed by atoms with Crippen LogP contribution in [0.3, 0.4) is 0 Å². The van der Waals surface area contributed by atoms with Gasteiger partial charge in [0.25, 0.3) is 0 Å². The standard InChI is InChI=1S/C24H30F3N3O4S/c1-15(2)30-20-12-17(22(31)28-23(3)9-10-35(32,33)14-23)7-8-19(20)21(29-30)16-5-4-6-18(11-16)34-13-24(25,26)27/h4-6,11,15,17H,7-10,12-14H2,1-3H3,(H,28,31)/t17-,23+/m1/s1. The second kappa shape index (κ2) is 9.15. The monoisotopic (exact) mass is 513 g/mol. The predicted molar refractivity (Wildman–Crippen MR) is 125 cm³/mol. The van der Waals surface area contributed by atoms with Gasteiger partial charge in [-0.25, -0.2) is 8.42 Å². The number of carbonyl (C=O) groups excluding carboxylic acids is 1. The summed E-state index contributed by atoms with van der Waals surface area (Å²) in [5.41, 5.74) is 2.49. The molecule has 7 nitrogen and oxygen atoms in total. The van der Waals surface area contributed by atoms with E-state index in [0.29, 0.717) is 36.9 Å². The molecule has 1 aromatic heterocycles. The van der Waals surface area contributed by atoms with Crippen molar-refractivity contribution < 1.29 is 31.1 Å². The highest BCUT2D eigenvalue weighted by atomic mass is 32.2. The van der Waals surface area contributed by atoms with Crippen LogP contribution in [0.4, 0.5) is 13.2 Å². The largest absolute Gasteiger partial charge is 0.484 e. The van der Waals surface area contributed by atoms with Gasteiger partial charge in [0, 0.05) is 35.2 Å². The molecule has 1 aliphatic heterocycles. The highest BCUT2D eigenvalue weighted by Gasteiger charge is 2.41. The highest BCUT2D eigenvalue weighted by molar-refractivity contribution is 7.91. The lowest BCUT2D eigenvalue weighted by Crippen LogP contribution is -2.50. The van der Waals surface area contributed by atoms with E-state index in [1.807, 2.05) is 18.5 Å². The Morgan fingerprint density at radius 2 is 2.09 bits per heavy atom. The Kier molecular flexibility index (Phi) is 6.67. The molecule has 4 rings (SSSR count). The molecular formula is C24H30F3N3O4S. The molecule has 0 saturated carbocycles. The summed E-state index contributed by atoms with van der Waals surface area (Å²) in [6.07, 6.45) is -2.41. The number of nitrogens with one attached hydrogen (secondary N) is 1. The zero-order valence-electron chi connectivity index (χ0n) is 20.0. The number of amides is 1. The van der Waals surface area contributed by atoms with Crippen LogP contribution < -0.4 is 10.1 Å². The Labute approximate surface area is 203 Å². The van der Waals surface area contributed by atoms with Gasteiger partial charge in [0.2, 0.25) is 5.91 Å². The number of ether oxygens (including phenoxy) is 1. The summed E-state index contributed by atoms with van der Waals surface area (Å²) in [4.78, 5) is 13.1. The minimum atomic E-state index is -4.43. The van der Waals surface area contributed by atoms with Gasteiger partial charge in [0.1, 0.15) is 5.75 Å². The maximum atomic E-state index is 13.1. The first-order chi connectivity index (χ1) is 16.3. The molecule has 0 spiro atoms. The van der Waals surface area contributed by atoms with Gasteiger partial charge in [-0.05, 0) is 52.2 Å². The number of benzene rings is 1. The first-order valence-electron chi connectivity index (χ1n) is 11.7. The van der Waals surface area contributed by atoms with Gasteiger partial charge in [-0.1, -0.05) is 12.1 Å². The molecule has 0 radical (unpaired) electrons. The van der Waals surface area contributed by atoms with Crippen LogP contribution in [-0.4, -0.2) is 53.9 Å². The van der Waals surface area contributed by atoms with E-state index < -0.39 is 28.2 Å². The number of carbonyl (C=O) groups is 1. The zero-order valence-corrected chi connectivity index (χ0v) is 20.8. The van der Waals surface area contributed by atoms with Gasteiger partial charge in [-0.2, -0.15) is 18.3 Å². The van der Waals surface area contributed by atoms with E-state index in [9.17, 15) is 26.4 Å². The van der Waals surface area contributed by atoms with Crippen molar-refractivity contribution >= 4 is 15.7 Å². The summed E-state index contributed by atoms with van der Waals surface area (Å²) in [6.45, 7) is 4.36. The molecule has 1 saturated heterocycles. The molecular weight excluding hydrogens is 483 g/mol. The maximum absolute atomic E-state index is 13.1. The summed E-state index contributed by atoms with van der Waals surface area (Å²) in [5, 5.41) is 7.75. The van der Waals surface area contributed by atoms with Crippen LogP contribution in [0.25, 0.3) is 11.3 Å². The first-order valence-corrected chi connectivity index (χ1v) is 13.5. The molecule has 2 heterocycles. The van der Waals surface area contributed by atoms with Crippen LogP contribution in [0, 0.1) is 5.92 Å². The predicted octanol–water partition coefficient (Wildman–Crippen LogP) is 3.87. The zero-order chi connectivity index (χ0) is 25.6. The third-order valence-electron chi connectivity index (χ3n) is 6.60. The average Bonchev–Trinajstić information content (AvgIpc) is 3.28. The summed E-state index contributed by atoms with van der Waals surface area (Å²) in [6, 6.07) is 6.47. The highest BCUT2D eigenvalue weighted by Crippen LogP contribution is 2.36. The van der Waals surface area contributed by atoms with Crippen LogP contribution >= 0.6 is 0 Å². The number of nitrogens with zero attached hydrogens (tertiary/aromatic N) is 2. The number of hydrogen-bond acceptors (Lipinski definition) is 5. The number of alkyl halides is 3. The lowest BCUT2D eigenvalue weighted by Gasteiger charge is -2.29. The quantitative estimate of drug-likeness (QED) is 0.634. The molecule has 192 valence electrons. The van der Waals surface area contributed by atoms with E-state index in [0.717, 1.165) is 11.3 Å². The lowest BCUT2D eigenvalue weighted by molar-refractivity contribution is -0.153. The second-order valence-electron chi connectivity index (χ2n) is 10.1. The molecule has 2 aromatic rings. The van der Waals surface area contributed by atoms with Crippen molar-refractivity contribution in [1.82, 2.24) is 15.1 Å². The number of sulfone groups is 1. The normalized spacial score (nSPS) is 23.8.